The summed E-state index contributed by atoms with van der Waals surface area (Å²) in [5.41, 5.74) is 2.11. The third kappa shape index (κ3) is 5.30. The highest BCUT2D eigenvalue weighted by Gasteiger charge is 2.40. The molecule has 0 bridgehead atoms. The lowest BCUT2D eigenvalue weighted by molar-refractivity contribution is -0.137. The van der Waals surface area contributed by atoms with Crippen molar-refractivity contribution in [2.75, 3.05) is 0 Å². The second-order valence-electron chi connectivity index (χ2n) is 13.3. The van der Waals surface area contributed by atoms with Gasteiger partial charge >= 0.3 is 6.18 Å². The predicted molar refractivity (Wildman–Crippen MR) is 208 cm³/mol. The van der Waals surface area contributed by atoms with Gasteiger partial charge in [-0.2, -0.15) is 13.2 Å². The Balaban J connectivity index is 1.39. The number of hydrogen-bond donors (Lipinski definition) is 0. The number of nitrogens with zero attached hydrogens (tertiary/aromatic N) is 6. The van der Waals surface area contributed by atoms with Crippen molar-refractivity contribution in [3.63, 3.8) is 0 Å². The third-order valence-corrected chi connectivity index (χ3v) is 10.1. The topological polar surface area (TPSA) is 61.4 Å². The van der Waals surface area contributed by atoms with Crippen LogP contribution in [0.3, 0.4) is 0 Å². The minimum Gasteiger partial charge on any atom is -0.309 e. The average Bonchev–Trinajstić information content (AvgIpc) is 3.72. The molecule has 0 amide bonds. The average molecular weight is 745 g/mol. The highest BCUT2D eigenvalue weighted by Crippen LogP contribution is 2.48. The number of fused-ring (bicyclic) bond motifs is 6. The number of rotatable bonds is 5. The van der Waals surface area contributed by atoms with Crippen LogP contribution in [0.15, 0.2) is 152 Å². The first-order chi connectivity index (χ1) is 27.2. The van der Waals surface area contributed by atoms with Crippen molar-refractivity contribution in [2.45, 2.75) is 6.18 Å². The van der Waals surface area contributed by atoms with Gasteiger partial charge in [0, 0.05) is 69.1 Å². The first-order valence-electron chi connectivity index (χ1n) is 17.6. The van der Waals surface area contributed by atoms with Crippen molar-refractivity contribution >= 4 is 43.6 Å². The maximum Gasteiger partial charge on any atom is 0.420 e. The largest absolute Gasteiger partial charge is 0.420 e. The van der Waals surface area contributed by atoms with Crippen LogP contribution in [0.5, 0.6) is 0 Å². The Morgan fingerprint density at radius 1 is 0.482 bits per heavy atom. The fraction of sp³-hybridized carbons (Fsp3) is 0.0222. The van der Waals surface area contributed by atoms with Crippen LogP contribution in [0, 0.1) is 11.6 Å². The standard InChI is InChI=1S/C45H25F5N6/c46-29-20-28(21-30(47)24-29)31-14-15-39(55-37-8-3-1-6-32(37)34-13-11-27(23-40(34)55)44-53-16-5-17-54-44)42(45(48,49)50)43(31)56-38-9-4-2-7-33(38)35-12-10-26(22-41(35)56)36-25-51-18-19-52-36/h1-25H. The van der Waals surface area contributed by atoms with Crippen LogP contribution in [-0.2, 0) is 6.18 Å². The zero-order valence-corrected chi connectivity index (χ0v) is 29.0. The molecule has 6 aromatic carbocycles. The smallest absolute Gasteiger partial charge is 0.309 e. The van der Waals surface area contributed by atoms with Crippen molar-refractivity contribution in [3.8, 4) is 45.1 Å². The van der Waals surface area contributed by atoms with Crippen molar-refractivity contribution in [3.05, 3.63) is 170 Å². The highest BCUT2D eigenvalue weighted by molar-refractivity contribution is 6.12. The van der Waals surface area contributed by atoms with E-state index in [1.165, 1.54) is 24.5 Å². The van der Waals surface area contributed by atoms with Gasteiger partial charge in [0.25, 0.3) is 0 Å². The van der Waals surface area contributed by atoms with E-state index in [1.807, 2.05) is 48.5 Å². The molecule has 0 N–H and O–H groups in total. The van der Waals surface area contributed by atoms with Crippen molar-refractivity contribution in [1.82, 2.24) is 29.1 Å². The molecule has 0 radical (unpaired) electrons. The molecule has 11 heteroatoms. The molecule has 0 saturated carbocycles. The molecule has 56 heavy (non-hydrogen) atoms. The maximum absolute atomic E-state index is 16.4. The number of para-hydroxylation sites is 2. The molecular formula is C45H25F5N6. The molecule has 10 aromatic rings. The second kappa shape index (κ2) is 12.7. The molecule has 0 aliphatic rings. The van der Waals surface area contributed by atoms with Gasteiger partial charge in [0.1, 0.15) is 17.2 Å². The van der Waals surface area contributed by atoms with Crippen molar-refractivity contribution in [1.29, 1.82) is 0 Å². The molecule has 0 fully saturated rings. The van der Waals surface area contributed by atoms with Gasteiger partial charge in [-0.25, -0.2) is 18.7 Å². The Bertz CT molecular complexity index is 3130. The Labute approximate surface area is 314 Å². The highest BCUT2D eigenvalue weighted by atomic mass is 19.4. The molecule has 0 aliphatic carbocycles. The molecule has 0 saturated heterocycles. The number of hydrogen-bond acceptors (Lipinski definition) is 4. The lowest BCUT2D eigenvalue weighted by Gasteiger charge is -2.24. The van der Waals surface area contributed by atoms with Gasteiger partial charge in [-0.05, 0) is 54.1 Å². The van der Waals surface area contributed by atoms with Gasteiger partial charge in [-0.15, -0.1) is 0 Å². The van der Waals surface area contributed by atoms with E-state index in [-0.39, 0.29) is 22.5 Å². The Hall–Kier alpha value is -7.27. The molecule has 270 valence electrons. The van der Waals surface area contributed by atoms with Crippen LogP contribution in [0.25, 0.3) is 88.8 Å². The molecule has 6 nitrogen and oxygen atoms in total. The van der Waals surface area contributed by atoms with E-state index in [4.69, 9.17) is 0 Å². The SMILES string of the molecule is Fc1cc(F)cc(-c2ccc(-n3c4ccccc4c4ccc(-c5ncccn5)cc43)c(C(F)(F)F)c2-n2c3ccccc3c3ccc(-c4cnccn4)cc32)c1. The second-order valence-corrected chi connectivity index (χ2v) is 13.3. The Kier molecular flexibility index (Phi) is 7.53. The van der Waals surface area contributed by atoms with Crippen molar-refractivity contribution in [2.24, 2.45) is 0 Å². The Morgan fingerprint density at radius 3 is 1.75 bits per heavy atom. The summed E-state index contributed by atoms with van der Waals surface area (Å²) in [7, 11) is 0. The van der Waals surface area contributed by atoms with Crippen LogP contribution in [-0.4, -0.2) is 29.1 Å². The number of halogens is 5. The monoisotopic (exact) mass is 744 g/mol. The molecule has 4 heterocycles. The van der Waals surface area contributed by atoms with Gasteiger partial charge in [0.15, 0.2) is 5.82 Å². The fourth-order valence-corrected chi connectivity index (χ4v) is 7.86. The van der Waals surface area contributed by atoms with Gasteiger partial charge in [-0.3, -0.25) is 9.97 Å². The van der Waals surface area contributed by atoms with Crippen LogP contribution in [0.1, 0.15) is 5.56 Å². The summed E-state index contributed by atoms with van der Waals surface area (Å²) < 4.78 is 82.4. The summed E-state index contributed by atoms with van der Waals surface area (Å²) in [5.74, 6) is -1.43. The zero-order valence-electron chi connectivity index (χ0n) is 29.0. The van der Waals surface area contributed by atoms with E-state index >= 15 is 22.0 Å². The van der Waals surface area contributed by atoms with E-state index in [1.54, 1.807) is 70.2 Å². The predicted octanol–water partition coefficient (Wildman–Crippen LogP) is 11.8. The van der Waals surface area contributed by atoms with Crippen molar-refractivity contribution < 1.29 is 22.0 Å². The van der Waals surface area contributed by atoms with E-state index in [0.29, 0.717) is 61.6 Å². The Morgan fingerprint density at radius 2 is 1.09 bits per heavy atom. The first kappa shape index (κ1) is 33.3. The fourth-order valence-electron chi connectivity index (χ4n) is 7.86. The van der Waals surface area contributed by atoms with E-state index < -0.39 is 23.4 Å². The summed E-state index contributed by atoms with van der Waals surface area (Å²) in [5, 5.41) is 2.82. The summed E-state index contributed by atoms with van der Waals surface area (Å²) in [6.07, 6.45) is 2.86. The molecule has 10 rings (SSSR count). The molecular weight excluding hydrogens is 720 g/mol. The van der Waals surface area contributed by atoms with Crippen LogP contribution in [0.4, 0.5) is 22.0 Å². The number of benzene rings is 6. The quantitative estimate of drug-likeness (QED) is 0.165. The van der Waals surface area contributed by atoms with E-state index in [0.717, 1.165) is 22.9 Å². The first-order valence-corrected chi connectivity index (χ1v) is 17.6. The normalized spacial score (nSPS) is 12.0. The van der Waals surface area contributed by atoms with E-state index in [2.05, 4.69) is 19.9 Å². The van der Waals surface area contributed by atoms with Gasteiger partial charge in [0.05, 0.1) is 45.3 Å². The summed E-state index contributed by atoms with van der Waals surface area (Å²) >= 11 is 0. The molecule has 0 spiro atoms. The third-order valence-electron chi connectivity index (χ3n) is 10.1. The summed E-state index contributed by atoms with van der Waals surface area (Å²) in [4.78, 5) is 17.4. The minimum atomic E-state index is -5.00. The summed E-state index contributed by atoms with van der Waals surface area (Å²) in [6, 6.07) is 32.7. The maximum atomic E-state index is 16.4. The van der Waals surface area contributed by atoms with Crippen LogP contribution in [0.2, 0.25) is 0 Å². The van der Waals surface area contributed by atoms with Crippen LogP contribution >= 0.6 is 0 Å². The molecule has 0 unspecified atom stereocenters. The lowest BCUT2D eigenvalue weighted by Crippen LogP contribution is -2.17. The number of aromatic nitrogens is 6. The summed E-state index contributed by atoms with van der Waals surface area (Å²) in [6.45, 7) is 0. The lowest BCUT2D eigenvalue weighted by atomic mass is 9.96. The van der Waals surface area contributed by atoms with Crippen LogP contribution < -0.4 is 0 Å². The van der Waals surface area contributed by atoms with E-state index in [9.17, 15) is 0 Å². The minimum absolute atomic E-state index is 0.0221. The van der Waals surface area contributed by atoms with Gasteiger partial charge in [0.2, 0.25) is 0 Å². The molecule has 4 aromatic heterocycles. The molecule has 0 atom stereocenters. The van der Waals surface area contributed by atoms with Gasteiger partial charge in [-0.1, -0.05) is 66.7 Å². The van der Waals surface area contributed by atoms with Gasteiger partial charge < -0.3 is 9.13 Å². The zero-order chi connectivity index (χ0) is 38.1. The molecule has 0 aliphatic heterocycles. The number of alkyl halides is 3.